The maximum Gasteiger partial charge on any atom is 0.303 e. The lowest BCUT2D eigenvalue weighted by atomic mass is 10.1. The van der Waals surface area contributed by atoms with Crippen molar-refractivity contribution in [2.24, 2.45) is 5.41 Å². The van der Waals surface area contributed by atoms with Gasteiger partial charge in [0, 0.05) is 33.9 Å². The summed E-state index contributed by atoms with van der Waals surface area (Å²) in [4.78, 5) is 21.2. The topological polar surface area (TPSA) is 97.5 Å². The molecule has 1 unspecified atom stereocenters. The monoisotopic (exact) mass is 311 g/mol. The molecule has 0 heterocycles. The molecule has 0 spiro atoms. The third-order valence-electron chi connectivity index (χ3n) is 3.74. The first-order valence-electron chi connectivity index (χ1n) is 6.71. The summed E-state index contributed by atoms with van der Waals surface area (Å²) in [6.07, 6.45) is 2.03. The molecule has 2 rings (SSSR count). The Kier molecular flexibility index (Phi) is 4.72. The van der Waals surface area contributed by atoms with Crippen LogP contribution in [-0.4, -0.2) is 31.7 Å². The molecule has 6 nitrogen and oxygen atoms in total. The number of hydrogen-bond donors (Lipinski definition) is 1. The van der Waals surface area contributed by atoms with Crippen molar-refractivity contribution in [3.63, 3.8) is 0 Å². The van der Waals surface area contributed by atoms with E-state index in [0.717, 1.165) is 12.8 Å². The van der Waals surface area contributed by atoms with Crippen LogP contribution in [0.3, 0.4) is 0 Å². The maximum absolute atomic E-state index is 12.1. The largest absolute Gasteiger partial charge is 0.481 e. The van der Waals surface area contributed by atoms with E-state index in [2.05, 4.69) is 0 Å². The van der Waals surface area contributed by atoms with Crippen LogP contribution in [0, 0.1) is 15.5 Å². The number of aliphatic carboxylic acids is 1. The molecule has 21 heavy (non-hydrogen) atoms. The number of nitro benzene ring substituents is 1. The molecule has 7 heteroatoms. The summed E-state index contributed by atoms with van der Waals surface area (Å²) in [6, 6.07) is 6.42. The molecule has 1 aliphatic rings. The minimum Gasteiger partial charge on any atom is -0.481 e. The minimum absolute atomic E-state index is 0.0428. The van der Waals surface area contributed by atoms with Crippen molar-refractivity contribution in [1.82, 2.24) is 0 Å². The van der Waals surface area contributed by atoms with Gasteiger partial charge in [-0.1, -0.05) is 18.2 Å². The van der Waals surface area contributed by atoms with Gasteiger partial charge in [-0.05, 0) is 24.7 Å². The lowest BCUT2D eigenvalue weighted by Gasteiger charge is -2.11. The van der Waals surface area contributed by atoms with Gasteiger partial charge < -0.3 is 5.11 Å². The molecule has 0 saturated heterocycles. The van der Waals surface area contributed by atoms with Crippen LogP contribution < -0.4 is 0 Å². The SMILES string of the molecule is O=C(O)CC1(CS(=O)CCc2ccccc2[N+](=O)[O-])CC1. The first kappa shape index (κ1) is 15.6. The number of carboxylic acid groups (broad SMARTS) is 1. The standard InChI is InChI=1S/C14H17NO5S/c16-13(17)9-14(6-7-14)10-21(20)8-5-11-3-1-2-4-12(11)15(18)19/h1-4H,5-10H2,(H,16,17). The quantitative estimate of drug-likeness (QED) is 0.586. The molecule has 1 N–H and O–H groups in total. The second-order valence-corrected chi connectivity index (χ2v) is 7.07. The van der Waals surface area contributed by atoms with E-state index in [0.29, 0.717) is 23.5 Å². The molecule has 1 aromatic carbocycles. The summed E-state index contributed by atoms with van der Waals surface area (Å²) in [5, 5.41) is 19.7. The smallest absolute Gasteiger partial charge is 0.303 e. The molecule has 114 valence electrons. The fourth-order valence-electron chi connectivity index (χ4n) is 2.41. The molecule has 0 aliphatic heterocycles. The number of hydrogen-bond acceptors (Lipinski definition) is 4. The van der Waals surface area contributed by atoms with E-state index >= 15 is 0 Å². The Labute approximate surface area is 124 Å². The molecule has 1 aromatic rings. The van der Waals surface area contributed by atoms with Crippen LogP contribution in [0.1, 0.15) is 24.8 Å². The summed E-state index contributed by atoms with van der Waals surface area (Å²) in [5.74, 6) is -0.158. The Morgan fingerprint density at radius 1 is 1.38 bits per heavy atom. The van der Waals surface area contributed by atoms with Crippen molar-refractivity contribution in [3.8, 4) is 0 Å². The Morgan fingerprint density at radius 3 is 2.62 bits per heavy atom. The first-order chi connectivity index (χ1) is 9.92. The third kappa shape index (κ3) is 4.35. The Balaban J connectivity index is 1.90. The zero-order valence-electron chi connectivity index (χ0n) is 11.5. The Morgan fingerprint density at radius 2 is 2.05 bits per heavy atom. The highest BCUT2D eigenvalue weighted by Crippen LogP contribution is 2.49. The van der Waals surface area contributed by atoms with Crippen LogP contribution in [0.4, 0.5) is 5.69 Å². The summed E-state index contributed by atoms with van der Waals surface area (Å²) in [6.45, 7) is 0. The van der Waals surface area contributed by atoms with E-state index in [1.165, 1.54) is 6.07 Å². The zero-order valence-corrected chi connectivity index (χ0v) is 12.3. The van der Waals surface area contributed by atoms with Crippen LogP contribution in [0.2, 0.25) is 0 Å². The van der Waals surface area contributed by atoms with Crippen LogP contribution in [0.25, 0.3) is 0 Å². The van der Waals surface area contributed by atoms with Gasteiger partial charge >= 0.3 is 5.97 Å². The number of benzene rings is 1. The summed E-state index contributed by atoms with van der Waals surface area (Å²) < 4.78 is 12.1. The van der Waals surface area contributed by atoms with Crippen LogP contribution in [0.5, 0.6) is 0 Å². The van der Waals surface area contributed by atoms with E-state index in [4.69, 9.17) is 5.11 Å². The fraction of sp³-hybridized carbons (Fsp3) is 0.500. The van der Waals surface area contributed by atoms with Gasteiger partial charge in [0.05, 0.1) is 11.3 Å². The lowest BCUT2D eigenvalue weighted by Crippen LogP contribution is -2.19. The van der Waals surface area contributed by atoms with Crippen LogP contribution in [-0.2, 0) is 22.0 Å². The average molecular weight is 311 g/mol. The zero-order chi connectivity index (χ0) is 15.5. The summed E-state index contributed by atoms with van der Waals surface area (Å²) in [5.41, 5.74) is 0.305. The first-order valence-corrected chi connectivity index (χ1v) is 8.20. The van der Waals surface area contributed by atoms with Gasteiger partial charge in [-0.15, -0.1) is 0 Å². The predicted molar refractivity (Wildman–Crippen MR) is 78.6 cm³/mol. The second kappa shape index (κ2) is 6.34. The van der Waals surface area contributed by atoms with E-state index in [9.17, 15) is 19.1 Å². The predicted octanol–water partition coefficient (Wildman–Crippen LogP) is 2.14. The van der Waals surface area contributed by atoms with Crippen LogP contribution >= 0.6 is 0 Å². The van der Waals surface area contributed by atoms with Gasteiger partial charge in [0.15, 0.2) is 0 Å². The second-order valence-electron chi connectivity index (χ2n) is 5.49. The number of nitrogens with zero attached hydrogens (tertiary/aromatic N) is 1. The van der Waals surface area contributed by atoms with Crippen molar-refractivity contribution >= 4 is 22.5 Å². The van der Waals surface area contributed by atoms with Crippen molar-refractivity contribution in [1.29, 1.82) is 0 Å². The highest BCUT2D eigenvalue weighted by molar-refractivity contribution is 7.85. The molecule has 1 atom stereocenters. The summed E-state index contributed by atoms with van der Waals surface area (Å²) in [7, 11) is -1.15. The Bertz CT molecular complexity index is 582. The summed E-state index contributed by atoms with van der Waals surface area (Å²) >= 11 is 0. The van der Waals surface area contributed by atoms with Crippen LogP contribution in [0.15, 0.2) is 24.3 Å². The molecule has 1 saturated carbocycles. The Hall–Kier alpha value is -1.76. The highest BCUT2D eigenvalue weighted by atomic mass is 32.2. The number of carboxylic acids is 1. The number of aryl methyl sites for hydroxylation is 1. The fourth-order valence-corrected chi connectivity index (χ4v) is 4.07. The number of para-hydroxylation sites is 1. The van der Waals surface area contributed by atoms with E-state index in [1.807, 2.05) is 0 Å². The van der Waals surface area contributed by atoms with Gasteiger partial charge in [0.2, 0.25) is 0 Å². The minimum atomic E-state index is -1.15. The van der Waals surface area contributed by atoms with Crippen molar-refractivity contribution < 1.29 is 19.0 Å². The van der Waals surface area contributed by atoms with Crippen molar-refractivity contribution in [3.05, 3.63) is 39.9 Å². The van der Waals surface area contributed by atoms with E-state index in [1.54, 1.807) is 18.2 Å². The maximum atomic E-state index is 12.1. The molecule has 0 radical (unpaired) electrons. The van der Waals surface area contributed by atoms with Gasteiger partial charge in [-0.25, -0.2) is 0 Å². The number of nitro groups is 1. The number of carbonyl (C=O) groups is 1. The molecule has 1 aliphatic carbocycles. The molecular formula is C14H17NO5S. The van der Waals surface area contributed by atoms with Crippen molar-refractivity contribution in [2.45, 2.75) is 25.7 Å². The molecule has 0 amide bonds. The van der Waals surface area contributed by atoms with E-state index in [-0.39, 0.29) is 17.5 Å². The molecule has 1 fully saturated rings. The van der Waals surface area contributed by atoms with Crippen molar-refractivity contribution in [2.75, 3.05) is 11.5 Å². The molecule has 0 bridgehead atoms. The molecular weight excluding hydrogens is 294 g/mol. The van der Waals surface area contributed by atoms with Gasteiger partial charge in [-0.2, -0.15) is 0 Å². The normalized spacial score (nSPS) is 17.1. The average Bonchev–Trinajstić information content (AvgIpc) is 3.14. The molecule has 0 aromatic heterocycles. The number of rotatable bonds is 8. The third-order valence-corrected chi connectivity index (χ3v) is 5.33. The lowest BCUT2D eigenvalue weighted by molar-refractivity contribution is -0.385. The highest BCUT2D eigenvalue weighted by Gasteiger charge is 2.45. The van der Waals surface area contributed by atoms with Gasteiger partial charge in [0.25, 0.3) is 5.69 Å². The van der Waals surface area contributed by atoms with E-state index < -0.39 is 21.7 Å². The van der Waals surface area contributed by atoms with Gasteiger partial charge in [-0.3, -0.25) is 19.1 Å². The van der Waals surface area contributed by atoms with Gasteiger partial charge in [0.1, 0.15) is 0 Å².